The summed E-state index contributed by atoms with van der Waals surface area (Å²) in [7, 11) is -2.46. The first-order chi connectivity index (χ1) is 9.77. The van der Waals surface area contributed by atoms with Crippen molar-refractivity contribution in [1.29, 1.82) is 0 Å². The highest BCUT2D eigenvalue weighted by Crippen LogP contribution is 2.44. The molecule has 20 heavy (non-hydrogen) atoms. The largest absolute Gasteiger partial charge is 0.314 e. The summed E-state index contributed by atoms with van der Waals surface area (Å²) in [5, 5.41) is 1.98. The van der Waals surface area contributed by atoms with Crippen molar-refractivity contribution in [2.75, 3.05) is 6.16 Å². The van der Waals surface area contributed by atoms with E-state index in [0.717, 1.165) is 23.2 Å². The Balaban J connectivity index is 2.27. The maximum absolute atomic E-state index is 13.6. The van der Waals surface area contributed by atoms with Gasteiger partial charge in [0.15, 0.2) is 0 Å². The minimum Gasteiger partial charge on any atom is -0.314 e. The van der Waals surface area contributed by atoms with Gasteiger partial charge in [-0.25, -0.2) is 0 Å². The van der Waals surface area contributed by atoms with E-state index in [0.29, 0.717) is 0 Å². The lowest BCUT2D eigenvalue weighted by Crippen LogP contribution is -2.18. The van der Waals surface area contributed by atoms with Crippen LogP contribution >= 0.6 is 7.14 Å². The summed E-state index contributed by atoms with van der Waals surface area (Å²) < 4.78 is 13.6. The second kappa shape index (κ2) is 7.45. The van der Waals surface area contributed by atoms with Crippen LogP contribution in [0.4, 0.5) is 0 Å². The van der Waals surface area contributed by atoms with Gasteiger partial charge in [0.1, 0.15) is 7.14 Å². The summed E-state index contributed by atoms with van der Waals surface area (Å²) in [5.41, 5.74) is 0. The molecule has 0 aliphatic rings. The fourth-order valence-electron chi connectivity index (χ4n) is 2.51. The molecule has 0 spiro atoms. The number of rotatable bonds is 7. The SMILES string of the molecule is CCCCCCP(=O)(c1ccccc1)c1ccccc1. The summed E-state index contributed by atoms with van der Waals surface area (Å²) in [5.74, 6) is 0. The number of hydrogen-bond donors (Lipinski definition) is 0. The number of unbranched alkanes of at least 4 members (excludes halogenated alkanes) is 3. The molecule has 2 aromatic carbocycles. The molecule has 0 heterocycles. The highest BCUT2D eigenvalue weighted by atomic mass is 31.2. The van der Waals surface area contributed by atoms with Crippen LogP contribution < -0.4 is 10.6 Å². The Kier molecular flexibility index (Phi) is 5.61. The fourth-order valence-corrected chi connectivity index (χ4v) is 5.30. The molecule has 2 aromatic rings. The van der Waals surface area contributed by atoms with Crippen LogP contribution in [0, 0.1) is 0 Å². The predicted octanol–water partition coefficient (Wildman–Crippen LogP) is 4.58. The van der Waals surface area contributed by atoms with E-state index in [1.54, 1.807) is 0 Å². The van der Waals surface area contributed by atoms with Gasteiger partial charge >= 0.3 is 0 Å². The minimum atomic E-state index is -2.46. The topological polar surface area (TPSA) is 17.1 Å². The average molecular weight is 286 g/mol. The van der Waals surface area contributed by atoms with Crippen LogP contribution in [0.3, 0.4) is 0 Å². The zero-order chi connectivity index (χ0) is 14.3. The van der Waals surface area contributed by atoms with Crippen molar-refractivity contribution in [2.45, 2.75) is 32.6 Å². The van der Waals surface area contributed by atoms with E-state index in [2.05, 4.69) is 6.92 Å². The maximum atomic E-state index is 13.6. The first-order valence-corrected chi connectivity index (χ1v) is 9.37. The van der Waals surface area contributed by atoms with E-state index in [-0.39, 0.29) is 0 Å². The van der Waals surface area contributed by atoms with Crippen LogP contribution in [0.2, 0.25) is 0 Å². The highest BCUT2D eigenvalue weighted by molar-refractivity contribution is 7.78. The summed E-state index contributed by atoms with van der Waals surface area (Å²) >= 11 is 0. The molecule has 0 fully saturated rings. The molecule has 106 valence electrons. The highest BCUT2D eigenvalue weighted by Gasteiger charge is 2.25. The molecule has 0 aliphatic heterocycles. The van der Waals surface area contributed by atoms with E-state index in [1.165, 1.54) is 19.3 Å². The normalized spacial score (nSPS) is 11.4. The van der Waals surface area contributed by atoms with E-state index >= 15 is 0 Å². The molecule has 0 unspecified atom stereocenters. The maximum Gasteiger partial charge on any atom is 0.143 e. The van der Waals surface area contributed by atoms with Gasteiger partial charge in [-0.05, 0) is 6.42 Å². The zero-order valence-electron chi connectivity index (χ0n) is 12.2. The van der Waals surface area contributed by atoms with Gasteiger partial charge in [-0.2, -0.15) is 0 Å². The first-order valence-electron chi connectivity index (χ1n) is 7.47. The third-order valence-corrected chi connectivity index (χ3v) is 6.88. The Morgan fingerprint density at radius 3 is 1.70 bits per heavy atom. The van der Waals surface area contributed by atoms with Crippen LogP contribution in [0.5, 0.6) is 0 Å². The van der Waals surface area contributed by atoms with Crippen LogP contribution in [0.15, 0.2) is 60.7 Å². The van der Waals surface area contributed by atoms with Crippen molar-refractivity contribution >= 4 is 17.8 Å². The molecule has 0 aromatic heterocycles. The Hall–Kier alpha value is -1.33. The fraction of sp³-hybridized carbons (Fsp3) is 0.333. The molecule has 2 heteroatoms. The quantitative estimate of drug-likeness (QED) is 0.538. The molecular weight excluding hydrogens is 263 g/mol. The summed E-state index contributed by atoms with van der Waals surface area (Å²) in [6.45, 7) is 2.20. The summed E-state index contributed by atoms with van der Waals surface area (Å²) in [6, 6.07) is 19.9. The van der Waals surface area contributed by atoms with Gasteiger partial charge in [0.05, 0.1) is 0 Å². The van der Waals surface area contributed by atoms with E-state index < -0.39 is 7.14 Å². The third kappa shape index (κ3) is 3.61. The van der Waals surface area contributed by atoms with Gasteiger partial charge < -0.3 is 4.57 Å². The molecule has 1 nitrogen and oxygen atoms in total. The van der Waals surface area contributed by atoms with Gasteiger partial charge in [0.25, 0.3) is 0 Å². The minimum absolute atomic E-state index is 0.779. The standard InChI is InChI=1S/C18H23OP/c1-2-3-4-11-16-20(19,17-12-7-5-8-13-17)18-14-9-6-10-15-18/h5-10,12-15H,2-4,11,16H2,1H3. The van der Waals surface area contributed by atoms with Crippen LogP contribution in [0.1, 0.15) is 32.6 Å². The van der Waals surface area contributed by atoms with Gasteiger partial charge in [-0.3, -0.25) is 0 Å². The molecule has 2 rings (SSSR count). The lowest BCUT2D eigenvalue weighted by molar-refractivity contribution is 0.583. The Labute approximate surface area is 122 Å². The summed E-state index contributed by atoms with van der Waals surface area (Å²) in [4.78, 5) is 0. The van der Waals surface area contributed by atoms with Crippen LogP contribution in [-0.2, 0) is 4.57 Å². The third-order valence-electron chi connectivity index (χ3n) is 3.67. The Bertz CT molecular complexity index is 505. The van der Waals surface area contributed by atoms with Crippen LogP contribution in [0.25, 0.3) is 0 Å². The van der Waals surface area contributed by atoms with Gasteiger partial charge in [-0.15, -0.1) is 0 Å². The number of benzene rings is 2. The molecule has 0 saturated heterocycles. The summed E-state index contributed by atoms with van der Waals surface area (Å²) in [6.07, 6.45) is 5.42. The molecule has 0 bridgehead atoms. The van der Waals surface area contributed by atoms with E-state index in [9.17, 15) is 4.57 Å². The van der Waals surface area contributed by atoms with Gasteiger partial charge in [-0.1, -0.05) is 86.8 Å². The molecular formula is C18H23OP. The van der Waals surface area contributed by atoms with Crippen LogP contribution in [-0.4, -0.2) is 6.16 Å². The Morgan fingerprint density at radius 2 is 1.25 bits per heavy atom. The Morgan fingerprint density at radius 1 is 0.750 bits per heavy atom. The second-order valence-corrected chi connectivity index (χ2v) is 8.15. The van der Waals surface area contributed by atoms with E-state index in [1.807, 2.05) is 60.7 Å². The van der Waals surface area contributed by atoms with Crippen molar-refractivity contribution in [1.82, 2.24) is 0 Å². The zero-order valence-corrected chi connectivity index (χ0v) is 13.1. The smallest absolute Gasteiger partial charge is 0.143 e. The molecule has 0 saturated carbocycles. The predicted molar refractivity (Wildman–Crippen MR) is 88.8 cm³/mol. The van der Waals surface area contributed by atoms with E-state index in [4.69, 9.17) is 0 Å². The number of hydrogen-bond acceptors (Lipinski definition) is 1. The van der Waals surface area contributed by atoms with Gasteiger partial charge in [0, 0.05) is 16.8 Å². The monoisotopic (exact) mass is 286 g/mol. The van der Waals surface area contributed by atoms with Crippen molar-refractivity contribution in [3.8, 4) is 0 Å². The molecule has 0 radical (unpaired) electrons. The van der Waals surface area contributed by atoms with Crippen molar-refractivity contribution in [2.24, 2.45) is 0 Å². The molecule has 0 amide bonds. The molecule has 0 N–H and O–H groups in total. The average Bonchev–Trinajstić information content (AvgIpc) is 2.53. The van der Waals surface area contributed by atoms with Gasteiger partial charge in [0.2, 0.25) is 0 Å². The first kappa shape index (κ1) is 15.1. The van der Waals surface area contributed by atoms with Crippen molar-refractivity contribution in [3.63, 3.8) is 0 Å². The lowest BCUT2D eigenvalue weighted by Gasteiger charge is -2.19. The van der Waals surface area contributed by atoms with Crippen molar-refractivity contribution < 1.29 is 4.57 Å². The van der Waals surface area contributed by atoms with Crippen molar-refractivity contribution in [3.05, 3.63) is 60.7 Å². The molecule has 0 aliphatic carbocycles. The lowest BCUT2D eigenvalue weighted by atomic mass is 10.2. The second-order valence-electron chi connectivity index (χ2n) is 5.20. The molecule has 0 atom stereocenters.